The summed E-state index contributed by atoms with van der Waals surface area (Å²) in [5.41, 5.74) is -0.587. The largest absolute Gasteiger partial charge is 0.494 e. The Morgan fingerprint density at radius 2 is 2.29 bits per heavy atom. The zero-order valence-electron chi connectivity index (χ0n) is 10.9. The molecule has 0 saturated carbocycles. The number of hydrogen-bond donors (Lipinski definition) is 4. The molecule has 1 amide bonds. The van der Waals surface area contributed by atoms with Crippen LogP contribution in [-0.4, -0.2) is 32.7 Å². The standard InChI is InChI=1S/C12H13N5O4/c18-8-4-6(5-9(19)14-8)10(20)15-12-17-16-11(21-12)7-2-1-3-13-7/h4-5,7,13H,1-3H2,(H2,14,18,19)(H,15,17,20). The second-order valence-electron chi connectivity index (χ2n) is 4.67. The van der Waals surface area contributed by atoms with Gasteiger partial charge in [-0.05, 0) is 19.4 Å². The van der Waals surface area contributed by atoms with Crippen LogP contribution in [0.1, 0.15) is 35.1 Å². The molecule has 1 aliphatic heterocycles. The first kappa shape index (κ1) is 13.3. The van der Waals surface area contributed by atoms with Crippen molar-refractivity contribution in [3.63, 3.8) is 0 Å². The van der Waals surface area contributed by atoms with Gasteiger partial charge in [0.15, 0.2) is 5.88 Å². The lowest BCUT2D eigenvalue weighted by molar-refractivity contribution is 0.102. The first-order chi connectivity index (χ1) is 10.1. The Morgan fingerprint density at radius 1 is 1.43 bits per heavy atom. The summed E-state index contributed by atoms with van der Waals surface area (Å²) in [5.74, 6) is -0.600. The first-order valence-electron chi connectivity index (χ1n) is 6.43. The van der Waals surface area contributed by atoms with Crippen LogP contribution < -0.4 is 16.2 Å². The molecule has 0 aliphatic carbocycles. The Kier molecular flexibility index (Phi) is 3.40. The average Bonchev–Trinajstić information content (AvgIpc) is 3.07. The van der Waals surface area contributed by atoms with E-state index in [2.05, 4.69) is 25.8 Å². The third kappa shape index (κ3) is 2.92. The molecular formula is C12H13N5O4. The Hall–Kier alpha value is -2.68. The number of aromatic hydroxyl groups is 1. The van der Waals surface area contributed by atoms with E-state index in [1.807, 2.05) is 0 Å². The minimum Gasteiger partial charge on any atom is -0.494 e. The lowest BCUT2D eigenvalue weighted by atomic mass is 10.2. The van der Waals surface area contributed by atoms with Gasteiger partial charge in [-0.3, -0.25) is 19.9 Å². The van der Waals surface area contributed by atoms with Gasteiger partial charge in [0.1, 0.15) is 0 Å². The van der Waals surface area contributed by atoms with Gasteiger partial charge in [-0.2, -0.15) is 0 Å². The highest BCUT2D eigenvalue weighted by molar-refractivity contribution is 6.03. The lowest BCUT2D eigenvalue weighted by Gasteiger charge is -2.03. The number of carbonyl (C=O) groups is 1. The smallest absolute Gasteiger partial charge is 0.322 e. The highest BCUT2D eigenvalue weighted by Crippen LogP contribution is 2.23. The van der Waals surface area contributed by atoms with Crippen molar-refractivity contribution in [1.29, 1.82) is 0 Å². The molecule has 21 heavy (non-hydrogen) atoms. The van der Waals surface area contributed by atoms with Crippen LogP contribution in [-0.2, 0) is 0 Å². The Balaban J connectivity index is 1.73. The van der Waals surface area contributed by atoms with E-state index in [4.69, 9.17) is 4.42 Å². The molecule has 3 rings (SSSR count). The zero-order chi connectivity index (χ0) is 14.8. The number of anilines is 1. The van der Waals surface area contributed by atoms with Crippen molar-refractivity contribution in [3.8, 4) is 5.88 Å². The Morgan fingerprint density at radius 3 is 3.00 bits per heavy atom. The molecule has 1 fully saturated rings. The van der Waals surface area contributed by atoms with E-state index in [0.29, 0.717) is 5.89 Å². The zero-order valence-corrected chi connectivity index (χ0v) is 10.9. The molecule has 1 saturated heterocycles. The van der Waals surface area contributed by atoms with E-state index in [1.54, 1.807) is 0 Å². The summed E-state index contributed by atoms with van der Waals surface area (Å²) < 4.78 is 5.36. The molecule has 1 atom stereocenters. The molecule has 2 aromatic rings. The molecule has 0 aromatic carbocycles. The van der Waals surface area contributed by atoms with Crippen molar-refractivity contribution < 1.29 is 14.3 Å². The van der Waals surface area contributed by atoms with Crippen molar-refractivity contribution >= 4 is 11.9 Å². The molecule has 4 N–H and O–H groups in total. The maximum atomic E-state index is 11.9. The third-order valence-corrected chi connectivity index (χ3v) is 3.11. The average molecular weight is 291 g/mol. The topological polar surface area (TPSA) is 133 Å². The second-order valence-corrected chi connectivity index (χ2v) is 4.67. The molecule has 1 unspecified atom stereocenters. The fourth-order valence-corrected chi connectivity index (χ4v) is 2.15. The molecule has 0 spiro atoms. The van der Waals surface area contributed by atoms with Crippen molar-refractivity contribution in [2.24, 2.45) is 0 Å². The van der Waals surface area contributed by atoms with Gasteiger partial charge in [0.05, 0.1) is 11.6 Å². The molecule has 0 bridgehead atoms. The highest BCUT2D eigenvalue weighted by Gasteiger charge is 2.22. The van der Waals surface area contributed by atoms with Crippen LogP contribution >= 0.6 is 0 Å². The van der Waals surface area contributed by atoms with E-state index >= 15 is 0 Å². The minimum absolute atomic E-state index is 0.00464. The molecule has 110 valence electrons. The number of amides is 1. The number of nitrogens with zero attached hydrogens (tertiary/aromatic N) is 2. The van der Waals surface area contributed by atoms with E-state index < -0.39 is 17.3 Å². The van der Waals surface area contributed by atoms with E-state index in [0.717, 1.165) is 31.5 Å². The second kappa shape index (κ2) is 5.37. The number of aromatic nitrogens is 3. The number of rotatable bonds is 3. The van der Waals surface area contributed by atoms with Crippen LogP contribution in [0.4, 0.5) is 6.01 Å². The molecule has 1 aliphatic rings. The van der Waals surface area contributed by atoms with Crippen molar-refractivity contribution in [2.75, 3.05) is 11.9 Å². The third-order valence-electron chi connectivity index (χ3n) is 3.11. The monoisotopic (exact) mass is 291 g/mol. The molecule has 2 aromatic heterocycles. The number of nitrogens with one attached hydrogen (secondary N) is 3. The van der Waals surface area contributed by atoms with Gasteiger partial charge in [-0.25, -0.2) is 0 Å². The maximum absolute atomic E-state index is 11.9. The van der Waals surface area contributed by atoms with Gasteiger partial charge in [-0.1, -0.05) is 5.10 Å². The Labute approximate surface area is 118 Å². The summed E-state index contributed by atoms with van der Waals surface area (Å²) in [6, 6.07) is 2.15. The fourth-order valence-electron chi connectivity index (χ4n) is 2.15. The highest BCUT2D eigenvalue weighted by atomic mass is 16.4. The van der Waals surface area contributed by atoms with Gasteiger partial charge in [0.2, 0.25) is 5.89 Å². The predicted molar refractivity (Wildman–Crippen MR) is 71.0 cm³/mol. The molecular weight excluding hydrogens is 278 g/mol. The van der Waals surface area contributed by atoms with Gasteiger partial charge < -0.3 is 14.8 Å². The molecule has 3 heterocycles. The van der Waals surface area contributed by atoms with Crippen LogP contribution in [0.25, 0.3) is 0 Å². The summed E-state index contributed by atoms with van der Waals surface area (Å²) in [5, 5.41) is 22.4. The van der Waals surface area contributed by atoms with E-state index in [9.17, 15) is 14.7 Å². The van der Waals surface area contributed by atoms with E-state index in [-0.39, 0.29) is 17.6 Å². The van der Waals surface area contributed by atoms with Gasteiger partial charge >= 0.3 is 6.01 Å². The van der Waals surface area contributed by atoms with Crippen LogP contribution in [0.3, 0.4) is 0 Å². The SMILES string of the molecule is O=C(Nc1nnc(C2CCCN2)o1)c1cc(O)[nH]c(=O)c1. The van der Waals surface area contributed by atoms with Crippen LogP contribution in [0.2, 0.25) is 0 Å². The maximum Gasteiger partial charge on any atom is 0.322 e. The first-order valence-corrected chi connectivity index (χ1v) is 6.43. The summed E-state index contributed by atoms with van der Waals surface area (Å²) in [6.07, 6.45) is 1.93. The lowest BCUT2D eigenvalue weighted by Crippen LogP contribution is -2.16. The molecule has 9 nitrogen and oxygen atoms in total. The summed E-state index contributed by atoms with van der Waals surface area (Å²) >= 11 is 0. The van der Waals surface area contributed by atoms with Crippen molar-refractivity contribution in [3.05, 3.63) is 33.9 Å². The minimum atomic E-state index is -0.619. The quantitative estimate of drug-likeness (QED) is 0.632. The number of pyridine rings is 1. The number of H-pyrrole nitrogens is 1. The van der Waals surface area contributed by atoms with Crippen LogP contribution in [0.15, 0.2) is 21.3 Å². The predicted octanol–water partition coefficient (Wildman–Crippen LogP) is 0.140. The van der Waals surface area contributed by atoms with Gasteiger partial charge in [0.25, 0.3) is 11.5 Å². The molecule has 9 heteroatoms. The Bertz CT molecular complexity index is 716. The summed E-state index contributed by atoms with van der Waals surface area (Å²) in [4.78, 5) is 25.3. The van der Waals surface area contributed by atoms with Crippen LogP contribution in [0.5, 0.6) is 5.88 Å². The number of hydrogen-bond acceptors (Lipinski definition) is 7. The normalized spacial score (nSPS) is 17.8. The van der Waals surface area contributed by atoms with Crippen molar-refractivity contribution in [1.82, 2.24) is 20.5 Å². The van der Waals surface area contributed by atoms with Crippen LogP contribution in [0, 0.1) is 0 Å². The van der Waals surface area contributed by atoms with Gasteiger partial charge in [-0.15, -0.1) is 5.10 Å². The number of carbonyl (C=O) groups excluding carboxylic acids is 1. The summed E-state index contributed by atoms with van der Waals surface area (Å²) in [6.45, 7) is 0.890. The molecule has 0 radical (unpaired) electrons. The summed E-state index contributed by atoms with van der Waals surface area (Å²) in [7, 11) is 0. The van der Waals surface area contributed by atoms with E-state index in [1.165, 1.54) is 0 Å². The number of aromatic amines is 1. The van der Waals surface area contributed by atoms with Gasteiger partial charge in [0, 0.05) is 12.1 Å². The fraction of sp³-hybridized carbons (Fsp3) is 0.333. The van der Waals surface area contributed by atoms with Crippen molar-refractivity contribution in [2.45, 2.75) is 18.9 Å².